The Bertz CT molecular complexity index is 434. The molecule has 1 N–H and O–H groups in total. The Labute approximate surface area is 104 Å². The van der Waals surface area contributed by atoms with Gasteiger partial charge in [-0.05, 0) is 23.9 Å². The molecule has 0 unspecified atom stereocenters. The maximum Gasteiger partial charge on any atom is 0.261 e. The van der Waals surface area contributed by atoms with Crippen LogP contribution in [-0.2, 0) is 0 Å². The van der Waals surface area contributed by atoms with Gasteiger partial charge in [0.25, 0.3) is 5.91 Å². The Morgan fingerprint density at radius 3 is 3.07 bits per heavy atom. The Kier molecular flexibility index (Phi) is 3.77. The summed E-state index contributed by atoms with van der Waals surface area (Å²) in [5, 5.41) is 5.87. The molecule has 0 aliphatic rings. The number of carbonyl (C=O) groups excluding carboxylic acids is 1. The first-order valence-electron chi connectivity index (χ1n) is 4.62. The molecule has 2 nitrogen and oxygen atoms in total. The van der Waals surface area contributed by atoms with Crippen molar-refractivity contribution in [3.05, 3.63) is 22.4 Å². The largest absolute Gasteiger partial charge is 0.351 e. The van der Waals surface area contributed by atoms with E-state index < -0.39 is 0 Å². The molecule has 1 amide bonds. The summed E-state index contributed by atoms with van der Waals surface area (Å²) in [5.41, 5.74) is 0. The zero-order valence-electron chi connectivity index (χ0n) is 7.96. The maximum atomic E-state index is 11.7. The maximum absolute atomic E-state index is 11.7. The van der Waals surface area contributed by atoms with Crippen LogP contribution in [0, 0.1) is 0 Å². The third-order valence-electron chi connectivity index (χ3n) is 1.96. The van der Waals surface area contributed by atoms with Crippen LogP contribution in [0.5, 0.6) is 0 Å². The molecular formula is C10H10BrNOS2. The molecule has 2 heterocycles. The van der Waals surface area contributed by atoms with Crippen molar-refractivity contribution in [3.63, 3.8) is 0 Å². The van der Waals surface area contributed by atoms with Crippen molar-refractivity contribution < 1.29 is 4.79 Å². The highest BCUT2D eigenvalue weighted by Gasteiger charge is 2.09. The number of rotatable bonds is 4. The molecule has 0 aliphatic heterocycles. The van der Waals surface area contributed by atoms with E-state index in [0.29, 0.717) is 0 Å². The number of halogens is 1. The number of hydrogen-bond donors (Lipinski definition) is 1. The number of alkyl halides is 1. The van der Waals surface area contributed by atoms with Gasteiger partial charge in [-0.3, -0.25) is 4.79 Å². The van der Waals surface area contributed by atoms with Crippen molar-refractivity contribution in [2.24, 2.45) is 0 Å². The van der Waals surface area contributed by atoms with Crippen LogP contribution in [0.25, 0.3) is 9.40 Å². The molecule has 0 fully saturated rings. The third kappa shape index (κ3) is 2.59. The van der Waals surface area contributed by atoms with Crippen LogP contribution in [0.15, 0.2) is 17.5 Å². The average molecular weight is 304 g/mol. The van der Waals surface area contributed by atoms with Crippen molar-refractivity contribution in [2.75, 3.05) is 11.9 Å². The first-order valence-corrected chi connectivity index (χ1v) is 7.44. The van der Waals surface area contributed by atoms with Crippen LogP contribution in [0.1, 0.15) is 16.1 Å². The van der Waals surface area contributed by atoms with Crippen LogP contribution in [0.3, 0.4) is 0 Å². The first kappa shape index (κ1) is 11.1. The summed E-state index contributed by atoms with van der Waals surface area (Å²) in [5.74, 6) is 0.0457. The van der Waals surface area contributed by atoms with E-state index in [1.54, 1.807) is 22.7 Å². The Balaban J connectivity index is 2.04. The SMILES string of the molecule is O=C(NCCCBr)c1cc2sccc2s1. The molecule has 0 bridgehead atoms. The van der Waals surface area contributed by atoms with Gasteiger partial charge in [0, 0.05) is 21.3 Å². The van der Waals surface area contributed by atoms with E-state index in [1.807, 2.05) is 11.4 Å². The van der Waals surface area contributed by atoms with Gasteiger partial charge in [0.2, 0.25) is 0 Å². The molecule has 5 heteroatoms. The lowest BCUT2D eigenvalue weighted by Gasteiger charge is -2.00. The van der Waals surface area contributed by atoms with Crippen molar-refractivity contribution in [1.82, 2.24) is 5.32 Å². The topological polar surface area (TPSA) is 29.1 Å². The molecule has 80 valence electrons. The Hall–Kier alpha value is -0.390. The molecule has 0 atom stereocenters. The highest BCUT2D eigenvalue weighted by atomic mass is 79.9. The summed E-state index contributed by atoms with van der Waals surface area (Å²) in [6.45, 7) is 0.732. The molecule has 2 aromatic rings. The molecule has 0 aliphatic carbocycles. The summed E-state index contributed by atoms with van der Waals surface area (Å²) in [6.07, 6.45) is 0.964. The van der Waals surface area contributed by atoms with Crippen LogP contribution in [-0.4, -0.2) is 17.8 Å². The molecule has 0 radical (unpaired) electrons. The fraction of sp³-hybridized carbons (Fsp3) is 0.300. The lowest BCUT2D eigenvalue weighted by molar-refractivity contribution is 0.0958. The molecule has 2 rings (SSSR count). The minimum atomic E-state index is 0.0457. The summed E-state index contributed by atoms with van der Waals surface area (Å²) in [4.78, 5) is 12.5. The van der Waals surface area contributed by atoms with Crippen LogP contribution < -0.4 is 5.32 Å². The second-order valence-corrected chi connectivity index (χ2v) is 5.88. The van der Waals surface area contributed by atoms with Gasteiger partial charge in [-0.2, -0.15) is 0 Å². The molecule has 0 saturated heterocycles. The van der Waals surface area contributed by atoms with E-state index in [2.05, 4.69) is 27.3 Å². The van der Waals surface area contributed by atoms with Gasteiger partial charge < -0.3 is 5.32 Å². The number of hydrogen-bond acceptors (Lipinski definition) is 3. The van der Waals surface area contributed by atoms with E-state index in [9.17, 15) is 4.79 Å². The fourth-order valence-corrected chi connectivity index (χ4v) is 3.54. The Morgan fingerprint density at radius 2 is 2.33 bits per heavy atom. The van der Waals surface area contributed by atoms with Crippen molar-refractivity contribution in [1.29, 1.82) is 0 Å². The van der Waals surface area contributed by atoms with Crippen LogP contribution in [0.4, 0.5) is 0 Å². The molecule has 15 heavy (non-hydrogen) atoms. The van der Waals surface area contributed by atoms with Crippen LogP contribution >= 0.6 is 38.6 Å². The summed E-state index contributed by atoms with van der Waals surface area (Å²) in [6, 6.07) is 4.02. The minimum absolute atomic E-state index is 0.0457. The standard InChI is InChI=1S/C10H10BrNOS2/c11-3-1-4-12-10(13)9-6-8-7(15-9)2-5-14-8/h2,5-6H,1,3-4H2,(H,12,13). The van der Waals surface area contributed by atoms with Gasteiger partial charge in [0.05, 0.1) is 4.88 Å². The third-order valence-corrected chi connectivity index (χ3v) is 4.61. The zero-order chi connectivity index (χ0) is 10.7. The van der Waals surface area contributed by atoms with Crippen molar-refractivity contribution in [3.8, 4) is 0 Å². The molecule has 0 aromatic carbocycles. The molecular weight excluding hydrogens is 294 g/mol. The molecule has 0 saturated carbocycles. The van der Waals surface area contributed by atoms with Gasteiger partial charge in [0.1, 0.15) is 0 Å². The molecule has 2 aromatic heterocycles. The second kappa shape index (κ2) is 5.09. The fourth-order valence-electron chi connectivity index (χ4n) is 1.23. The number of carbonyl (C=O) groups is 1. The number of amides is 1. The van der Waals surface area contributed by atoms with Crippen molar-refractivity contribution in [2.45, 2.75) is 6.42 Å². The highest BCUT2D eigenvalue weighted by molar-refractivity contribution is 9.09. The number of nitrogens with one attached hydrogen (secondary N) is 1. The second-order valence-electron chi connectivity index (χ2n) is 3.06. The van der Waals surface area contributed by atoms with E-state index in [4.69, 9.17) is 0 Å². The summed E-state index contributed by atoms with van der Waals surface area (Å²) >= 11 is 6.56. The smallest absolute Gasteiger partial charge is 0.261 e. The Morgan fingerprint density at radius 1 is 1.47 bits per heavy atom. The normalized spacial score (nSPS) is 10.7. The zero-order valence-corrected chi connectivity index (χ0v) is 11.2. The number of fused-ring (bicyclic) bond motifs is 1. The van der Waals surface area contributed by atoms with Gasteiger partial charge in [-0.1, -0.05) is 15.9 Å². The number of thiophene rings is 2. The van der Waals surface area contributed by atoms with Gasteiger partial charge in [-0.25, -0.2) is 0 Å². The summed E-state index contributed by atoms with van der Waals surface area (Å²) < 4.78 is 2.40. The minimum Gasteiger partial charge on any atom is -0.351 e. The lowest BCUT2D eigenvalue weighted by atomic mass is 10.4. The average Bonchev–Trinajstić information content (AvgIpc) is 2.76. The quantitative estimate of drug-likeness (QED) is 0.680. The van der Waals surface area contributed by atoms with Gasteiger partial charge >= 0.3 is 0 Å². The van der Waals surface area contributed by atoms with Crippen LogP contribution in [0.2, 0.25) is 0 Å². The predicted octanol–water partition coefficient (Wildman–Crippen LogP) is 3.48. The predicted molar refractivity (Wildman–Crippen MR) is 70.4 cm³/mol. The van der Waals surface area contributed by atoms with E-state index >= 15 is 0 Å². The van der Waals surface area contributed by atoms with E-state index in [-0.39, 0.29) is 5.91 Å². The molecule has 0 spiro atoms. The van der Waals surface area contributed by atoms with Gasteiger partial charge in [0.15, 0.2) is 0 Å². The highest BCUT2D eigenvalue weighted by Crippen LogP contribution is 2.29. The van der Waals surface area contributed by atoms with Crippen molar-refractivity contribution >= 4 is 53.9 Å². The first-order chi connectivity index (χ1) is 7.31. The lowest BCUT2D eigenvalue weighted by Crippen LogP contribution is -2.23. The summed E-state index contributed by atoms with van der Waals surface area (Å²) in [7, 11) is 0. The van der Waals surface area contributed by atoms with Gasteiger partial charge in [-0.15, -0.1) is 22.7 Å². The van der Waals surface area contributed by atoms with E-state index in [0.717, 1.165) is 23.2 Å². The van der Waals surface area contributed by atoms with E-state index in [1.165, 1.54) is 9.40 Å². The monoisotopic (exact) mass is 303 g/mol.